The molecule has 0 saturated heterocycles. The minimum atomic E-state index is -0.510. The van der Waals surface area contributed by atoms with Gasteiger partial charge in [-0.1, -0.05) is 19.9 Å². The first kappa shape index (κ1) is 18.5. The smallest absolute Gasteiger partial charge is 0.244 e. The van der Waals surface area contributed by atoms with E-state index in [4.69, 9.17) is 24.7 Å². The van der Waals surface area contributed by atoms with Gasteiger partial charge in [0.2, 0.25) is 17.5 Å². The van der Waals surface area contributed by atoms with Gasteiger partial charge in [-0.2, -0.15) is 5.26 Å². The number of ether oxygens (including phenoxy) is 4. The SMILES string of the molecule is COc1ccc(C2C(C#N)=C(N)Oc3n[nH]c(C(C)C)c32)c(OC)c1OC. The van der Waals surface area contributed by atoms with Crippen LogP contribution in [0.25, 0.3) is 0 Å². The molecule has 1 aromatic heterocycles. The number of nitriles is 1. The first-order chi connectivity index (χ1) is 13.0. The van der Waals surface area contributed by atoms with Gasteiger partial charge in [0.1, 0.15) is 11.6 Å². The highest BCUT2D eigenvalue weighted by molar-refractivity contribution is 5.64. The standard InChI is InChI=1S/C19H22N4O4/c1-9(2)15-14-13(11(8-20)18(21)27-19(14)23-22-15)10-6-7-12(24-3)17(26-5)16(10)25-4/h6-7,9,13H,21H2,1-5H3,(H,22,23). The largest absolute Gasteiger partial charge is 0.493 e. The molecule has 0 amide bonds. The minimum absolute atomic E-state index is 0.0219. The van der Waals surface area contributed by atoms with Gasteiger partial charge in [0.15, 0.2) is 11.5 Å². The Morgan fingerprint density at radius 2 is 1.89 bits per heavy atom. The fourth-order valence-corrected chi connectivity index (χ4v) is 3.37. The highest BCUT2D eigenvalue weighted by atomic mass is 16.5. The van der Waals surface area contributed by atoms with Gasteiger partial charge in [0.25, 0.3) is 0 Å². The maximum absolute atomic E-state index is 9.78. The van der Waals surface area contributed by atoms with Crippen LogP contribution in [0.5, 0.6) is 23.1 Å². The van der Waals surface area contributed by atoms with Gasteiger partial charge in [-0.05, 0) is 12.0 Å². The lowest BCUT2D eigenvalue weighted by molar-refractivity contribution is 0.321. The molecular weight excluding hydrogens is 348 g/mol. The molecule has 0 bridgehead atoms. The molecule has 8 nitrogen and oxygen atoms in total. The van der Waals surface area contributed by atoms with E-state index in [1.54, 1.807) is 20.3 Å². The van der Waals surface area contributed by atoms with Gasteiger partial charge in [-0.3, -0.25) is 5.10 Å². The number of hydrogen-bond acceptors (Lipinski definition) is 7. The average Bonchev–Trinajstić information content (AvgIpc) is 3.09. The van der Waals surface area contributed by atoms with E-state index in [9.17, 15) is 5.26 Å². The van der Waals surface area contributed by atoms with E-state index in [1.165, 1.54) is 7.11 Å². The van der Waals surface area contributed by atoms with Crippen molar-refractivity contribution >= 4 is 0 Å². The lowest BCUT2D eigenvalue weighted by Gasteiger charge is -2.27. The molecule has 0 fully saturated rings. The van der Waals surface area contributed by atoms with Gasteiger partial charge >= 0.3 is 0 Å². The van der Waals surface area contributed by atoms with Crippen LogP contribution in [0.3, 0.4) is 0 Å². The molecule has 0 aliphatic carbocycles. The molecule has 1 aliphatic rings. The Hall–Kier alpha value is -3.34. The van der Waals surface area contributed by atoms with Crippen LogP contribution in [0.4, 0.5) is 0 Å². The Morgan fingerprint density at radius 3 is 2.44 bits per heavy atom. The van der Waals surface area contributed by atoms with Crippen molar-refractivity contribution in [1.29, 1.82) is 5.26 Å². The third-order valence-electron chi connectivity index (χ3n) is 4.59. The Balaban J connectivity index is 2.33. The number of nitrogens with zero attached hydrogens (tertiary/aromatic N) is 2. The van der Waals surface area contributed by atoms with Crippen molar-refractivity contribution in [2.45, 2.75) is 25.7 Å². The zero-order chi connectivity index (χ0) is 19.7. The van der Waals surface area contributed by atoms with Gasteiger partial charge in [0, 0.05) is 11.3 Å². The number of aromatic amines is 1. The van der Waals surface area contributed by atoms with Crippen molar-refractivity contribution in [3.63, 3.8) is 0 Å². The predicted molar refractivity (Wildman–Crippen MR) is 98.1 cm³/mol. The van der Waals surface area contributed by atoms with Crippen molar-refractivity contribution in [3.05, 3.63) is 40.4 Å². The molecule has 3 N–H and O–H groups in total. The van der Waals surface area contributed by atoms with Crippen molar-refractivity contribution in [3.8, 4) is 29.2 Å². The van der Waals surface area contributed by atoms with Crippen LogP contribution in [-0.4, -0.2) is 31.5 Å². The van der Waals surface area contributed by atoms with Gasteiger partial charge in [0.05, 0.1) is 32.8 Å². The topological polar surface area (TPSA) is 115 Å². The summed E-state index contributed by atoms with van der Waals surface area (Å²) in [6.07, 6.45) is 0. The van der Waals surface area contributed by atoms with Crippen LogP contribution in [0.15, 0.2) is 23.6 Å². The highest BCUT2D eigenvalue weighted by Crippen LogP contribution is 2.50. The third-order valence-corrected chi connectivity index (χ3v) is 4.59. The number of benzene rings is 1. The summed E-state index contributed by atoms with van der Waals surface area (Å²) in [7, 11) is 4.63. The summed E-state index contributed by atoms with van der Waals surface area (Å²) in [5, 5.41) is 17.0. The summed E-state index contributed by atoms with van der Waals surface area (Å²) in [6.45, 7) is 4.06. The molecule has 3 rings (SSSR count). The second-order valence-corrected chi connectivity index (χ2v) is 6.36. The number of allylic oxidation sites excluding steroid dienone is 1. The molecular formula is C19H22N4O4. The summed E-state index contributed by atoms with van der Waals surface area (Å²) in [5.74, 6) is 1.44. The third kappa shape index (κ3) is 2.81. The second-order valence-electron chi connectivity index (χ2n) is 6.36. The molecule has 2 aromatic rings. The van der Waals surface area contributed by atoms with E-state index in [-0.39, 0.29) is 17.4 Å². The van der Waals surface area contributed by atoms with E-state index < -0.39 is 5.92 Å². The number of rotatable bonds is 5. The number of methoxy groups -OCH3 is 3. The number of hydrogen-bond donors (Lipinski definition) is 2. The Morgan fingerprint density at radius 1 is 1.19 bits per heavy atom. The van der Waals surface area contributed by atoms with E-state index >= 15 is 0 Å². The molecule has 27 heavy (non-hydrogen) atoms. The lowest BCUT2D eigenvalue weighted by Crippen LogP contribution is -2.22. The fourth-order valence-electron chi connectivity index (χ4n) is 3.37. The summed E-state index contributed by atoms with van der Waals surface area (Å²) in [6, 6.07) is 5.78. The van der Waals surface area contributed by atoms with E-state index in [0.717, 1.165) is 11.3 Å². The molecule has 0 radical (unpaired) electrons. The van der Waals surface area contributed by atoms with Crippen LogP contribution < -0.4 is 24.7 Å². The first-order valence-corrected chi connectivity index (χ1v) is 8.42. The molecule has 1 aromatic carbocycles. The number of H-pyrrole nitrogens is 1. The molecule has 1 unspecified atom stereocenters. The van der Waals surface area contributed by atoms with Crippen molar-refractivity contribution < 1.29 is 18.9 Å². The van der Waals surface area contributed by atoms with Crippen LogP contribution in [0.1, 0.15) is 42.5 Å². The number of fused-ring (bicyclic) bond motifs is 1. The monoisotopic (exact) mass is 370 g/mol. The molecule has 0 spiro atoms. The molecule has 2 heterocycles. The van der Waals surface area contributed by atoms with Gasteiger partial charge in [-0.25, -0.2) is 0 Å². The number of nitrogens with one attached hydrogen (secondary N) is 1. The van der Waals surface area contributed by atoms with E-state index in [1.807, 2.05) is 19.9 Å². The van der Waals surface area contributed by atoms with Gasteiger partial charge in [-0.15, -0.1) is 5.10 Å². The lowest BCUT2D eigenvalue weighted by atomic mass is 9.82. The van der Waals surface area contributed by atoms with Crippen LogP contribution in [0.2, 0.25) is 0 Å². The molecule has 1 aliphatic heterocycles. The summed E-state index contributed by atoms with van der Waals surface area (Å²) < 4.78 is 22.1. The highest BCUT2D eigenvalue weighted by Gasteiger charge is 2.38. The Bertz CT molecular complexity index is 940. The normalized spacial score (nSPS) is 15.8. The van der Waals surface area contributed by atoms with Crippen molar-refractivity contribution in [1.82, 2.24) is 10.2 Å². The fraction of sp³-hybridized carbons (Fsp3) is 0.368. The quantitative estimate of drug-likeness (QED) is 0.831. The molecule has 1 atom stereocenters. The van der Waals surface area contributed by atoms with Crippen LogP contribution in [-0.2, 0) is 0 Å². The maximum atomic E-state index is 9.78. The number of aromatic nitrogens is 2. The summed E-state index contributed by atoms with van der Waals surface area (Å²) >= 11 is 0. The van der Waals surface area contributed by atoms with E-state index in [0.29, 0.717) is 28.7 Å². The second kappa shape index (κ2) is 7.11. The van der Waals surface area contributed by atoms with Crippen molar-refractivity contribution in [2.24, 2.45) is 5.73 Å². The van der Waals surface area contributed by atoms with E-state index in [2.05, 4.69) is 16.3 Å². The first-order valence-electron chi connectivity index (χ1n) is 8.42. The molecule has 142 valence electrons. The van der Waals surface area contributed by atoms with Gasteiger partial charge < -0.3 is 24.7 Å². The summed E-state index contributed by atoms with van der Waals surface area (Å²) in [4.78, 5) is 0. The maximum Gasteiger partial charge on any atom is 0.244 e. The van der Waals surface area contributed by atoms with Crippen molar-refractivity contribution in [2.75, 3.05) is 21.3 Å². The minimum Gasteiger partial charge on any atom is -0.493 e. The zero-order valence-corrected chi connectivity index (χ0v) is 15.9. The zero-order valence-electron chi connectivity index (χ0n) is 15.9. The Kier molecular flexibility index (Phi) is 4.86. The Labute approximate surface area is 157 Å². The number of nitrogens with two attached hydrogens (primary N) is 1. The predicted octanol–water partition coefficient (Wildman–Crippen LogP) is 2.78. The van der Waals surface area contributed by atoms with Crippen LogP contribution in [0, 0.1) is 11.3 Å². The summed E-state index contributed by atoms with van der Waals surface area (Å²) in [5.41, 5.74) is 8.65. The molecule has 8 heteroatoms. The molecule has 0 saturated carbocycles. The van der Waals surface area contributed by atoms with Crippen LogP contribution >= 0.6 is 0 Å². The average molecular weight is 370 g/mol.